The van der Waals surface area contributed by atoms with E-state index in [2.05, 4.69) is 37.0 Å². The van der Waals surface area contributed by atoms with Gasteiger partial charge in [0.1, 0.15) is 0 Å². The lowest BCUT2D eigenvalue weighted by atomic mass is 9.95. The molecule has 2 rings (SSSR count). The molecule has 0 aliphatic rings. The molecular weight excluding hydrogens is 238 g/mol. The number of alkyl halides is 1. The highest BCUT2D eigenvalue weighted by Gasteiger charge is 2.15. The topological polar surface area (TPSA) is 12.9 Å². The summed E-state index contributed by atoms with van der Waals surface area (Å²) in [4.78, 5) is 4.64. The number of rotatable bonds is 4. The fourth-order valence-electron chi connectivity index (χ4n) is 1.70. The summed E-state index contributed by atoms with van der Waals surface area (Å²) in [6.45, 7) is 4.45. The maximum absolute atomic E-state index is 5.99. The van der Waals surface area contributed by atoms with E-state index in [1.165, 1.54) is 9.71 Å². The molecule has 16 heavy (non-hydrogen) atoms. The van der Waals surface area contributed by atoms with E-state index in [0.717, 1.165) is 11.9 Å². The van der Waals surface area contributed by atoms with Crippen molar-refractivity contribution in [2.45, 2.75) is 20.3 Å². The lowest BCUT2D eigenvalue weighted by Crippen LogP contribution is -2.13. The predicted octanol–water partition coefficient (Wildman–Crippen LogP) is 4.35. The van der Waals surface area contributed by atoms with Crippen LogP contribution in [0.4, 0.5) is 0 Å². The van der Waals surface area contributed by atoms with E-state index in [9.17, 15) is 0 Å². The first kappa shape index (κ1) is 11.9. The summed E-state index contributed by atoms with van der Waals surface area (Å²) < 4.78 is 1.27. The summed E-state index contributed by atoms with van der Waals surface area (Å²) in [5.41, 5.74) is 1.11. The highest BCUT2D eigenvalue weighted by molar-refractivity contribution is 7.18. The molecule has 0 aliphatic carbocycles. The van der Waals surface area contributed by atoms with Crippen molar-refractivity contribution >= 4 is 33.2 Å². The SMILES string of the molecule is CC(C)C(CCl)Cc1nc2ccccc2s1. The van der Waals surface area contributed by atoms with Crippen LogP contribution in [0, 0.1) is 11.8 Å². The van der Waals surface area contributed by atoms with Crippen molar-refractivity contribution in [2.75, 3.05) is 5.88 Å². The minimum atomic E-state index is 0.530. The highest BCUT2D eigenvalue weighted by atomic mass is 35.5. The zero-order valence-corrected chi connectivity index (χ0v) is 11.2. The molecule has 1 atom stereocenters. The number of benzene rings is 1. The molecule has 0 saturated carbocycles. The van der Waals surface area contributed by atoms with Crippen LogP contribution in [0.1, 0.15) is 18.9 Å². The molecule has 1 unspecified atom stereocenters. The van der Waals surface area contributed by atoms with Crippen molar-refractivity contribution in [2.24, 2.45) is 11.8 Å². The van der Waals surface area contributed by atoms with Gasteiger partial charge in [-0.3, -0.25) is 0 Å². The van der Waals surface area contributed by atoms with Gasteiger partial charge in [0.2, 0.25) is 0 Å². The van der Waals surface area contributed by atoms with E-state index in [1.807, 2.05) is 6.07 Å². The Hall–Kier alpha value is -0.600. The number of hydrogen-bond acceptors (Lipinski definition) is 2. The quantitative estimate of drug-likeness (QED) is 0.739. The minimum absolute atomic E-state index is 0.530. The maximum Gasteiger partial charge on any atom is 0.0941 e. The minimum Gasteiger partial charge on any atom is -0.241 e. The molecule has 0 saturated heterocycles. The first-order chi connectivity index (χ1) is 7.70. The maximum atomic E-state index is 5.99. The molecule has 0 N–H and O–H groups in total. The van der Waals surface area contributed by atoms with Crippen LogP contribution in [0.3, 0.4) is 0 Å². The molecule has 1 nitrogen and oxygen atoms in total. The Kier molecular flexibility index (Phi) is 3.82. The fourth-order valence-corrected chi connectivity index (χ4v) is 3.23. The number of thiazole rings is 1. The summed E-state index contributed by atoms with van der Waals surface area (Å²) in [6, 6.07) is 8.29. The molecular formula is C13H16ClNS. The summed E-state index contributed by atoms with van der Waals surface area (Å²) in [5.74, 6) is 1.86. The van der Waals surface area contributed by atoms with Crippen molar-refractivity contribution in [3.63, 3.8) is 0 Å². The van der Waals surface area contributed by atoms with E-state index in [-0.39, 0.29) is 0 Å². The van der Waals surface area contributed by atoms with Crippen molar-refractivity contribution in [3.05, 3.63) is 29.3 Å². The Morgan fingerprint density at radius 1 is 1.31 bits per heavy atom. The summed E-state index contributed by atoms with van der Waals surface area (Å²) in [5, 5.41) is 1.21. The number of aromatic nitrogens is 1. The lowest BCUT2D eigenvalue weighted by molar-refractivity contribution is 0.422. The van der Waals surface area contributed by atoms with E-state index >= 15 is 0 Å². The standard InChI is InChI=1S/C13H16ClNS/c1-9(2)10(8-14)7-13-15-11-5-3-4-6-12(11)16-13/h3-6,9-10H,7-8H2,1-2H3. The first-order valence-corrected chi connectivity index (χ1v) is 6.96. The van der Waals surface area contributed by atoms with Crippen molar-refractivity contribution in [3.8, 4) is 0 Å². The molecule has 0 aliphatic heterocycles. The number of nitrogens with zero attached hydrogens (tertiary/aromatic N) is 1. The third kappa shape index (κ3) is 2.55. The Morgan fingerprint density at radius 3 is 2.69 bits per heavy atom. The summed E-state index contributed by atoms with van der Waals surface area (Å²) in [6.07, 6.45) is 1.00. The lowest BCUT2D eigenvalue weighted by Gasteiger charge is -2.15. The van der Waals surface area contributed by atoms with Gasteiger partial charge in [0.15, 0.2) is 0 Å². The molecule has 3 heteroatoms. The Bertz CT molecular complexity index is 431. The van der Waals surface area contributed by atoms with Crippen LogP contribution in [0.2, 0.25) is 0 Å². The molecule has 0 spiro atoms. The van der Waals surface area contributed by atoms with E-state index in [4.69, 9.17) is 11.6 Å². The van der Waals surface area contributed by atoms with Crippen LogP contribution in [0.5, 0.6) is 0 Å². The third-order valence-corrected chi connectivity index (χ3v) is 4.37. The average Bonchev–Trinajstić information content (AvgIpc) is 2.67. The molecule has 1 heterocycles. The van der Waals surface area contributed by atoms with Crippen molar-refractivity contribution in [1.82, 2.24) is 4.98 Å². The average molecular weight is 254 g/mol. The second-order valence-electron chi connectivity index (χ2n) is 4.44. The smallest absolute Gasteiger partial charge is 0.0941 e. The largest absolute Gasteiger partial charge is 0.241 e. The monoisotopic (exact) mass is 253 g/mol. The zero-order valence-electron chi connectivity index (χ0n) is 9.61. The van der Waals surface area contributed by atoms with Gasteiger partial charge in [0.05, 0.1) is 15.2 Å². The van der Waals surface area contributed by atoms with Gasteiger partial charge < -0.3 is 0 Å². The van der Waals surface area contributed by atoms with Crippen LogP contribution in [-0.2, 0) is 6.42 Å². The van der Waals surface area contributed by atoms with Crippen molar-refractivity contribution in [1.29, 1.82) is 0 Å². The molecule has 0 amide bonds. The van der Waals surface area contributed by atoms with E-state index in [0.29, 0.717) is 17.7 Å². The Morgan fingerprint density at radius 2 is 2.06 bits per heavy atom. The van der Waals surface area contributed by atoms with Gasteiger partial charge in [-0.2, -0.15) is 0 Å². The number of hydrogen-bond donors (Lipinski definition) is 0. The van der Waals surface area contributed by atoms with Crippen molar-refractivity contribution < 1.29 is 0 Å². The molecule has 0 bridgehead atoms. The third-order valence-electron chi connectivity index (χ3n) is 2.92. The molecule has 0 radical (unpaired) electrons. The van der Waals surface area contributed by atoms with Gasteiger partial charge in [-0.25, -0.2) is 4.98 Å². The van der Waals surface area contributed by atoms with Crippen LogP contribution in [0.25, 0.3) is 10.2 Å². The van der Waals surface area contributed by atoms with Crippen LogP contribution in [-0.4, -0.2) is 10.9 Å². The molecule has 1 aromatic carbocycles. The van der Waals surface area contributed by atoms with Gasteiger partial charge in [-0.1, -0.05) is 26.0 Å². The summed E-state index contributed by atoms with van der Waals surface area (Å²) >= 11 is 7.78. The van der Waals surface area contributed by atoms with Gasteiger partial charge in [0.25, 0.3) is 0 Å². The number of para-hydroxylation sites is 1. The highest BCUT2D eigenvalue weighted by Crippen LogP contribution is 2.26. The van der Waals surface area contributed by atoms with Crippen LogP contribution in [0.15, 0.2) is 24.3 Å². The number of fused-ring (bicyclic) bond motifs is 1. The van der Waals surface area contributed by atoms with E-state index < -0.39 is 0 Å². The zero-order chi connectivity index (χ0) is 11.5. The fraction of sp³-hybridized carbons (Fsp3) is 0.462. The van der Waals surface area contributed by atoms with Crippen LogP contribution >= 0.6 is 22.9 Å². The Labute approximate surface area is 105 Å². The predicted molar refractivity (Wildman–Crippen MR) is 72.4 cm³/mol. The molecule has 0 fully saturated rings. The first-order valence-electron chi connectivity index (χ1n) is 5.61. The van der Waals surface area contributed by atoms with Gasteiger partial charge in [-0.05, 0) is 24.0 Å². The van der Waals surface area contributed by atoms with Crippen LogP contribution < -0.4 is 0 Å². The molecule has 86 valence electrons. The number of halogens is 1. The Balaban J connectivity index is 2.20. The van der Waals surface area contributed by atoms with Gasteiger partial charge in [0, 0.05) is 12.3 Å². The normalized spacial score (nSPS) is 13.5. The molecule has 1 aromatic heterocycles. The van der Waals surface area contributed by atoms with E-state index in [1.54, 1.807) is 11.3 Å². The second kappa shape index (κ2) is 5.15. The molecule has 2 aromatic rings. The van der Waals surface area contributed by atoms with Gasteiger partial charge >= 0.3 is 0 Å². The second-order valence-corrected chi connectivity index (χ2v) is 5.86. The summed E-state index contributed by atoms with van der Waals surface area (Å²) in [7, 11) is 0. The van der Waals surface area contributed by atoms with Gasteiger partial charge in [-0.15, -0.1) is 22.9 Å².